The van der Waals surface area contributed by atoms with Gasteiger partial charge in [-0.15, -0.1) is 0 Å². The molecule has 0 spiro atoms. The number of aromatic nitrogens is 1. The minimum Gasteiger partial charge on any atom is -0.481 e. The summed E-state index contributed by atoms with van der Waals surface area (Å²) in [7, 11) is 1.39. The second-order valence-electron chi connectivity index (χ2n) is 5.01. The maximum absolute atomic E-state index is 11.6. The topological polar surface area (TPSA) is 80.6 Å². The van der Waals surface area contributed by atoms with E-state index in [0.29, 0.717) is 16.9 Å². The molecule has 0 fully saturated rings. The van der Waals surface area contributed by atoms with Gasteiger partial charge in [0, 0.05) is 25.0 Å². The molecule has 1 unspecified atom stereocenters. The maximum atomic E-state index is 11.6. The number of hydrogen-bond acceptors (Lipinski definition) is 4. The van der Waals surface area contributed by atoms with Crippen LogP contribution in [0.15, 0.2) is 27.5 Å². The molecule has 1 N–H and O–H groups in total. The minimum atomic E-state index is -1.48. The van der Waals surface area contributed by atoms with E-state index in [-0.39, 0.29) is 6.42 Å². The summed E-state index contributed by atoms with van der Waals surface area (Å²) in [5, 5.41) is 8.62. The van der Waals surface area contributed by atoms with Gasteiger partial charge in [-0.2, -0.15) is 4.57 Å². The number of oxazole rings is 1. The first-order valence-corrected chi connectivity index (χ1v) is 8.21. The highest BCUT2D eigenvalue weighted by atomic mass is 32.2. The molecule has 0 aliphatic heterocycles. The fourth-order valence-electron chi connectivity index (χ4n) is 2.38. The Morgan fingerprint density at radius 1 is 1.36 bits per heavy atom. The molecule has 0 radical (unpaired) electrons. The number of carbonyl (C=O) groups is 1. The van der Waals surface area contributed by atoms with Gasteiger partial charge in [-0.1, -0.05) is 0 Å². The first-order valence-electron chi connectivity index (χ1n) is 7.14. The molecule has 0 aliphatic carbocycles. The number of fused-ring (bicyclic) bond motifs is 1. The van der Waals surface area contributed by atoms with Gasteiger partial charge in [0.05, 0.1) is 18.9 Å². The maximum Gasteiger partial charge on any atom is 0.344 e. The zero-order valence-corrected chi connectivity index (χ0v) is 13.5. The number of aryl methyl sites for hydroxylation is 2. The van der Waals surface area contributed by atoms with Crippen LogP contribution < -0.4 is 4.57 Å². The molecule has 22 heavy (non-hydrogen) atoms. The molecule has 0 saturated carbocycles. The Balaban J connectivity index is 2.08. The highest BCUT2D eigenvalue weighted by Gasteiger charge is 2.19. The average molecular weight is 326 g/mol. The van der Waals surface area contributed by atoms with Crippen LogP contribution in [0.2, 0.25) is 0 Å². The summed E-state index contributed by atoms with van der Waals surface area (Å²) >= 11 is -1.48. The number of carboxylic acid groups (broad SMARTS) is 1. The Morgan fingerprint density at radius 3 is 2.82 bits per heavy atom. The van der Waals surface area contributed by atoms with Crippen molar-refractivity contribution in [3.63, 3.8) is 0 Å². The number of aliphatic carboxylic acids is 1. The molecule has 1 atom stereocenters. The number of nitrogens with zero attached hydrogens (tertiary/aromatic N) is 1. The molecular weight excluding hydrogens is 306 g/mol. The number of benzene rings is 1. The Hall–Kier alpha value is -1.73. The zero-order valence-electron chi connectivity index (χ0n) is 12.7. The van der Waals surface area contributed by atoms with Crippen LogP contribution in [-0.2, 0) is 26.6 Å². The summed E-state index contributed by atoms with van der Waals surface area (Å²) < 4.78 is 24.2. The summed E-state index contributed by atoms with van der Waals surface area (Å²) in [5.74, 6) is 0.0184. The van der Waals surface area contributed by atoms with Crippen LogP contribution in [0, 0.1) is 6.92 Å². The van der Waals surface area contributed by atoms with E-state index < -0.39 is 17.0 Å². The molecule has 0 amide bonds. The number of carboxylic acids is 1. The fourth-order valence-corrected chi connectivity index (χ4v) is 2.96. The SMILES string of the molecule is COS(=O)c1ccc2c(c1)oc(C)[n+]2CCCCCC(=O)O. The van der Waals surface area contributed by atoms with Crippen molar-refractivity contribution in [2.24, 2.45) is 0 Å². The van der Waals surface area contributed by atoms with Crippen molar-refractivity contribution in [3.8, 4) is 0 Å². The normalized spacial score (nSPS) is 12.6. The smallest absolute Gasteiger partial charge is 0.344 e. The van der Waals surface area contributed by atoms with Gasteiger partial charge in [0.15, 0.2) is 17.6 Å². The first-order chi connectivity index (χ1) is 10.5. The van der Waals surface area contributed by atoms with E-state index in [2.05, 4.69) is 4.57 Å². The van der Waals surface area contributed by atoms with Crippen molar-refractivity contribution in [1.29, 1.82) is 0 Å². The molecule has 1 aromatic heterocycles. The molecule has 120 valence electrons. The summed E-state index contributed by atoms with van der Waals surface area (Å²) in [6.45, 7) is 2.65. The van der Waals surface area contributed by atoms with E-state index in [9.17, 15) is 9.00 Å². The average Bonchev–Trinajstić information content (AvgIpc) is 2.80. The van der Waals surface area contributed by atoms with Crippen LogP contribution in [0.25, 0.3) is 11.1 Å². The second-order valence-corrected chi connectivity index (χ2v) is 6.28. The van der Waals surface area contributed by atoms with Crippen molar-refractivity contribution in [2.45, 2.75) is 44.0 Å². The van der Waals surface area contributed by atoms with Gasteiger partial charge in [0.2, 0.25) is 5.58 Å². The van der Waals surface area contributed by atoms with Crippen LogP contribution in [0.4, 0.5) is 0 Å². The van der Waals surface area contributed by atoms with Gasteiger partial charge < -0.3 is 9.52 Å². The second kappa shape index (κ2) is 7.51. The lowest BCUT2D eigenvalue weighted by Crippen LogP contribution is -2.35. The molecule has 6 nitrogen and oxygen atoms in total. The van der Waals surface area contributed by atoms with Crippen molar-refractivity contribution in [2.75, 3.05) is 7.11 Å². The zero-order chi connectivity index (χ0) is 16.1. The summed E-state index contributed by atoms with van der Waals surface area (Å²) in [5.41, 5.74) is 1.61. The van der Waals surface area contributed by atoms with E-state index in [1.54, 1.807) is 12.1 Å². The van der Waals surface area contributed by atoms with Crippen LogP contribution in [0.3, 0.4) is 0 Å². The monoisotopic (exact) mass is 326 g/mol. The van der Waals surface area contributed by atoms with E-state index in [1.165, 1.54) is 7.11 Å². The first kappa shape index (κ1) is 16.6. The van der Waals surface area contributed by atoms with Crippen molar-refractivity contribution in [3.05, 3.63) is 24.1 Å². The highest BCUT2D eigenvalue weighted by molar-refractivity contribution is 7.80. The summed E-state index contributed by atoms with van der Waals surface area (Å²) in [6, 6.07) is 5.36. The summed E-state index contributed by atoms with van der Waals surface area (Å²) in [6.07, 6.45) is 2.64. The van der Waals surface area contributed by atoms with E-state index in [1.807, 2.05) is 13.0 Å². The third-order valence-electron chi connectivity index (χ3n) is 3.48. The van der Waals surface area contributed by atoms with Gasteiger partial charge in [-0.25, -0.2) is 4.21 Å². The van der Waals surface area contributed by atoms with Crippen molar-refractivity contribution < 1.29 is 27.3 Å². The Labute approximate surface area is 131 Å². The van der Waals surface area contributed by atoms with E-state index in [4.69, 9.17) is 13.7 Å². The van der Waals surface area contributed by atoms with Crippen molar-refractivity contribution >= 4 is 28.1 Å². The molecule has 2 aromatic rings. The largest absolute Gasteiger partial charge is 0.481 e. The number of unbranched alkanes of at least 4 members (excludes halogenated alkanes) is 2. The molecule has 7 heteroatoms. The number of rotatable bonds is 8. The lowest BCUT2D eigenvalue weighted by molar-refractivity contribution is -0.683. The highest BCUT2D eigenvalue weighted by Crippen LogP contribution is 2.18. The van der Waals surface area contributed by atoms with E-state index >= 15 is 0 Å². The van der Waals surface area contributed by atoms with Crippen molar-refractivity contribution in [1.82, 2.24) is 0 Å². The number of hydrogen-bond donors (Lipinski definition) is 1. The minimum absolute atomic E-state index is 0.210. The van der Waals surface area contributed by atoms with Gasteiger partial charge in [0.25, 0.3) is 5.52 Å². The standard InChI is InChI=1S/C15H19NO5S/c1-11-16(9-5-3-4-6-15(17)18)13-8-7-12(22(19)20-2)10-14(13)21-11/h7-8,10H,3-6,9H2,1-2H3/p+1. The third kappa shape index (κ3) is 3.92. The molecule has 1 aromatic carbocycles. The summed E-state index contributed by atoms with van der Waals surface area (Å²) in [4.78, 5) is 11.0. The van der Waals surface area contributed by atoms with E-state index in [0.717, 1.165) is 30.8 Å². The fraction of sp³-hybridized carbons (Fsp3) is 0.467. The Morgan fingerprint density at radius 2 is 2.14 bits per heavy atom. The van der Waals surface area contributed by atoms with Crippen LogP contribution in [0.1, 0.15) is 31.6 Å². The molecule has 1 heterocycles. The Bertz CT molecular complexity index is 695. The lowest BCUT2D eigenvalue weighted by atomic mass is 10.2. The molecule has 0 saturated heterocycles. The van der Waals surface area contributed by atoms with Gasteiger partial charge in [-0.05, 0) is 18.9 Å². The Kier molecular flexibility index (Phi) is 5.68. The predicted molar refractivity (Wildman–Crippen MR) is 80.7 cm³/mol. The van der Waals surface area contributed by atoms with Gasteiger partial charge in [-0.3, -0.25) is 8.98 Å². The predicted octanol–water partition coefficient (Wildman–Crippen LogP) is 2.34. The van der Waals surface area contributed by atoms with Crippen LogP contribution in [0.5, 0.6) is 0 Å². The van der Waals surface area contributed by atoms with Crippen LogP contribution in [-0.4, -0.2) is 22.4 Å². The van der Waals surface area contributed by atoms with Gasteiger partial charge in [0.1, 0.15) is 0 Å². The molecular formula is C15H20NO5S+. The molecule has 2 rings (SSSR count). The third-order valence-corrected chi connectivity index (χ3v) is 4.42. The van der Waals surface area contributed by atoms with Gasteiger partial charge >= 0.3 is 11.9 Å². The molecule has 0 bridgehead atoms. The quantitative estimate of drug-likeness (QED) is 0.595. The molecule has 0 aliphatic rings. The van der Waals surface area contributed by atoms with Crippen LogP contribution >= 0.6 is 0 Å². The lowest BCUT2D eigenvalue weighted by Gasteiger charge is -1.98.